The Morgan fingerprint density at radius 2 is 0.800 bits per heavy atom. The van der Waals surface area contributed by atoms with E-state index in [1.807, 2.05) is 0 Å². The van der Waals surface area contributed by atoms with Gasteiger partial charge in [0.15, 0.2) is 0 Å². The second-order valence-electron chi connectivity index (χ2n) is 9.91. The zero-order chi connectivity index (χ0) is 22.1. The van der Waals surface area contributed by atoms with Crippen LogP contribution in [0.25, 0.3) is 22.3 Å². The van der Waals surface area contributed by atoms with Gasteiger partial charge in [-0.25, -0.2) is 0 Å². The third-order valence-electron chi connectivity index (χ3n) is 5.65. The molecule has 3 rings (SSSR count). The van der Waals surface area contributed by atoms with E-state index in [1.54, 1.807) is 14.2 Å². The van der Waals surface area contributed by atoms with Crippen LogP contribution in [0, 0.1) is 0 Å². The summed E-state index contributed by atoms with van der Waals surface area (Å²) in [4.78, 5) is 14.6. The summed E-state index contributed by atoms with van der Waals surface area (Å²) in [6, 6.07) is 22.3. The molecule has 0 amide bonds. The summed E-state index contributed by atoms with van der Waals surface area (Å²) in [5.41, 5.74) is 4.45. The maximum absolute atomic E-state index is 5.80. The van der Waals surface area contributed by atoms with Gasteiger partial charge in [-0.05, 0) is 0 Å². The van der Waals surface area contributed by atoms with Crippen LogP contribution in [0.3, 0.4) is 0 Å². The number of benzene rings is 3. The van der Waals surface area contributed by atoms with Crippen molar-refractivity contribution in [3.63, 3.8) is 0 Å². The van der Waals surface area contributed by atoms with E-state index in [1.165, 1.54) is 7.16 Å². The number of rotatable bonds is 6. The van der Waals surface area contributed by atoms with Gasteiger partial charge < -0.3 is 0 Å². The van der Waals surface area contributed by atoms with E-state index >= 15 is 0 Å². The molecule has 0 aliphatic carbocycles. The van der Waals surface area contributed by atoms with E-state index in [0.717, 1.165) is 33.8 Å². The predicted octanol–water partition coefficient (Wildman–Crippen LogP) is 6.13. The van der Waals surface area contributed by atoms with Crippen LogP contribution in [-0.2, 0) is 0 Å². The van der Waals surface area contributed by atoms with Crippen molar-refractivity contribution >= 4 is 43.9 Å². The number of ether oxygens (including phenoxy) is 2. The van der Waals surface area contributed by atoms with Crippen LogP contribution in [0.4, 0.5) is 0 Å². The fourth-order valence-electron chi connectivity index (χ4n) is 3.65. The Labute approximate surface area is 190 Å². The van der Waals surface area contributed by atoms with Crippen LogP contribution >= 0.6 is 0 Å². The summed E-state index contributed by atoms with van der Waals surface area (Å²) < 4.78 is 14.7. The molecule has 0 saturated carbocycles. The minimum atomic E-state index is -2.06. The molecular formula is C26H34O2Sn2. The van der Waals surface area contributed by atoms with Gasteiger partial charge in [-0.3, -0.25) is 0 Å². The van der Waals surface area contributed by atoms with Crippen molar-refractivity contribution in [2.24, 2.45) is 0 Å². The van der Waals surface area contributed by atoms with Crippen LogP contribution < -0.4 is 16.6 Å². The maximum atomic E-state index is 5.80. The van der Waals surface area contributed by atoms with E-state index in [0.29, 0.717) is 0 Å². The van der Waals surface area contributed by atoms with E-state index < -0.39 is 36.8 Å². The number of hydrogen-bond donors (Lipinski definition) is 0. The fourth-order valence-corrected chi connectivity index (χ4v) is 10.3. The normalized spacial score (nSPS) is 12.0. The fraction of sp³-hybridized carbons (Fsp3) is 0.308. The molecule has 30 heavy (non-hydrogen) atoms. The van der Waals surface area contributed by atoms with Crippen LogP contribution in [0.5, 0.6) is 11.5 Å². The van der Waals surface area contributed by atoms with Gasteiger partial charge >= 0.3 is 192 Å². The molecule has 0 aliphatic rings. The second-order valence-corrected chi connectivity index (χ2v) is 38.9. The van der Waals surface area contributed by atoms with Crippen LogP contribution in [0.15, 0.2) is 60.7 Å². The molecule has 0 heterocycles. The summed E-state index contributed by atoms with van der Waals surface area (Å²) in [5.74, 6) is 1.74. The number of hydrogen-bond acceptors (Lipinski definition) is 2. The third-order valence-corrected chi connectivity index (χ3v) is 17.4. The van der Waals surface area contributed by atoms with E-state index in [9.17, 15) is 0 Å². The van der Waals surface area contributed by atoms with Gasteiger partial charge in [-0.2, -0.15) is 0 Å². The minimum absolute atomic E-state index is 0.872. The molecule has 0 N–H and O–H groups in total. The molecule has 3 aromatic carbocycles. The number of methoxy groups -OCH3 is 2. The quantitative estimate of drug-likeness (QED) is 0.311. The SMILES string of the molecule is COc1cc(-c2cc[c]([Sn]([CH3])([CH3])[CH3])cc2)c(OC)cc1-c1cc[c]([Sn]([CH3])([CH3])[CH3])cc1. The van der Waals surface area contributed by atoms with Gasteiger partial charge in [0, 0.05) is 0 Å². The third kappa shape index (κ3) is 5.18. The summed E-state index contributed by atoms with van der Waals surface area (Å²) in [5, 5.41) is 0. The van der Waals surface area contributed by atoms with Crippen LogP contribution in [0.1, 0.15) is 0 Å². The van der Waals surface area contributed by atoms with Crippen molar-refractivity contribution < 1.29 is 9.47 Å². The van der Waals surface area contributed by atoms with Gasteiger partial charge in [0.25, 0.3) is 0 Å². The first-order valence-electron chi connectivity index (χ1n) is 10.5. The van der Waals surface area contributed by atoms with Crippen LogP contribution in [-0.4, -0.2) is 51.0 Å². The summed E-state index contributed by atoms with van der Waals surface area (Å²) in [7, 11) is 3.48. The average molecular weight is 616 g/mol. The Morgan fingerprint density at radius 3 is 1.03 bits per heavy atom. The molecule has 0 fully saturated rings. The zero-order valence-corrected chi connectivity index (χ0v) is 25.3. The summed E-state index contributed by atoms with van der Waals surface area (Å²) in [6.07, 6.45) is 0. The van der Waals surface area contributed by atoms with Crippen molar-refractivity contribution in [1.29, 1.82) is 0 Å². The Balaban J connectivity index is 2.07. The predicted molar refractivity (Wildman–Crippen MR) is 136 cm³/mol. The molecule has 0 saturated heterocycles. The van der Waals surface area contributed by atoms with Gasteiger partial charge in [-0.1, -0.05) is 0 Å². The Kier molecular flexibility index (Phi) is 7.17. The van der Waals surface area contributed by atoms with Crippen molar-refractivity contribution in [2.75, 3.05) is 14.2 Å². The van der Waals surface area contributed by atoms with E-state index in [2.05, 4.69) is 90.3 Å². The molecule has 0 bridgehead atoms. The molecule has 0 aromatic heterocycles. The molecule has 4 heteroatoms. The molecular weight excluding hydrogens is 582 g/mol. The molecule has 3 aromatic rings. The Morgan fingerprint density at radius 1 is 0.500 bits per heavy atom. The zero-order valence-electron chi connectivity index (χ0n) is 19.6. The second kappa shape index (κ2) is 9.15. The van der Waals surface area contributed by atoms with Gasteiger partial charge in [0.05, 0.1) is 0 Å². The molecule has 158 valence electrons. The van der Waals surface area contributed by atoms with Crippen LogP contribution in [0.2, 0.25) is 29.6 Å². The molecule has 0 atom stereocenters. The first kappa shape index (κ1) is 23.5. The van der Waals surface area contributed by atoms with E-state index in [4.69, 9.17) is 9.47 Å². The molecule has 2 nitrogen and oxygen atoms in total. The van der Waals surface area contributed by atoms with Crippen molar-refractivity contribution in [3.8, 4) is 33.8 Å². The van der Waals surface area contributed by atoms with E-state index in [-0.39, 0.29) is 0 Å². The first-order valence-corrected chi connectivity index (χ1v) is 30.5. The molecule has 0 spiro atoms. The monoisotopic (exact) mass is 618 g/mol. The summed E-state index contributed by atoms with van der Waals surface area (Å²) >= 11 is -4.13. The summed E-state index contributed by atoms with van der Waals surface area (Å²) in [6.45, 7) is 0. The molecule has 0 unspecified atom stereocenters. The standard InChI is InChI=1S/C20H16O2.6CH3.2Sn/c1-21-19-13-18(16-11-7-4-8-12-16)20(22-2)14-17(19)15-9-5-3-6-10-15;;;;;;;;/h5-14H,1-2H3;6*1H3;;. The van der Waals surface area contributed by atoms with Crippen molar-refractivity contribution in [2.45, 2.75) is 29.6 Å². The van der Waals surface area contributed by atoms with Crippen molar-refractivity contribution in [1.82, 2.24) is 0 Å². The first-order chi connectivity index (χ1) is 14.0. The topological polar surface area (TPSA) is 18.5 Å². The van der Waals surface area contributed by atoms with Gasteiger partial charge in [0.1, 0.15) is 0 Å². The molecule has 0 radical (unpaired) electrons. The van der Waals surface area contributed by atoms with Crippen molar-refractivity contribution in [3.05, 3.63) is 60.7 Å². The van der Waals surface area contributed by atoms with Gasteiger partial charge in [-0.15, -0.1) is 0 Å². The average Bonchev–Trinajstić information content (AvgIpc) is 2.71. The molecule has 0 aliphatic heterocycles. The Hall–Kier alpha value is -1.14. The van der Waals surface area contributed by atoms with Gasteiger partial charge in [0.2, 0.25) is 0 Å². The Bertz CT molecular complexity index is 924.